The SMILES string of the molecule is CCC[C@@H](CCC(=O)Nc1ccccc1C)C(=O)O. The molecule has 0 spiro atoms. The van der Waals surface area contributed by atoms with Crippen LogP contribution in [0.5, 0.6) is 0 Å². The number of aryl methyl sites for hydroxylation is 1. The number of rotatable bonds is 7. The number of carboxylic acid groups (broad SMARTS) is 1. The number of carbonyl (C=O) groups is 2. The van der Waals surface area contributed by atoms with Crippen molar-refractivity contribution in [3.8, 4) is 0 Å². The molecule has 0 saturated carbocycles. The maximum atomic E-state index is 11.8. The Morgan fingerprint density at radius 1 is 1.26 bits per heavy atom. The minimum Gasteiger partial charge on any atom is -0.481 e. The van der Waals surface area contributed by atoms with Gasteiger partial charge in [0.15, 0.2) is 0 Å². The predicted molar refractivity (Wildman–Crippen MR) is 75.1 cm³/mol. The lowest BCUT2D eigenvalue weighted by Gasteiger charge is -2.11. The summed E-state index contributed by atoms with van der Waals surface area (Å²) in [6.45, 7) is 3.87. The van der Waals surface area contributed by atoms with Crippen molar-refractivity contribution in [3.63, 3.8) is 0 Å². The molecule has 4 heteroatoms. The summed E-state index contributed by atoms with van der Waals surface area (Å²) >= 11 is 0. The van der Waals surface area contributed by atoms with E-state index in [0.717, 1.165) is 17.7 Å². The summed E-state index contributed by atoms with van der Waals surface area (Å²) in [7, 11) is 0. The Balaban J connectivity index is 2.47. The largest absolute Gasteiger partial charge is 0.481 e. The quantitative estimate of drug-likeness (QED) is 0.793. The molecule has 104 valence electrons. The molecule has 2 N–H and O–H groups in total. The molecule has 19 heavy (non-hydrogen) atoms. The van der Waals surface area contributed by atoms with Gasteiger partial charge >= 0.3 is 5.97 Å². The van der Waals surface area contributed by atoms with E-state index in [1.165, 1.54) is 0 Å². The van der Waals surface area contributed by atoms with E-state index >= 15 is 0 Å². The van der Waals surface area contributed by atoms with Crippen LogP contribution in [-0.2, 0) is 9.59 Å². The Bertz CT molecular complexity index is 443. The van der Waals surface area contributed by atoms with Crippen LogP contribution < -0.4 is 5.32 Å². The second kappa shape index (κ2) is 7.56. The fourth-order valence-electron chi connectivity index (χ4n) is 1.97. The standard InChI is InChI=1S/C15H21NO3/c1-3-6-12(15(18)19)9-10-14(17)16-13-8-5-4-7-11(13)2/h4-5,7-8,12H,3,6,9-10H2,1-2H3,(H,16,17)(H,18,19)/t12-/m0/s1. The van der Waals surface area contributed by atoms with E-state index in [2.05, 4.69) is 5.32 Å². The maximum absolute atomic E-state index is 11.8. The second-order valence-corrected chi connectivity index (χ2v) is 4.73. The maximum Gasteiger partial charge on any atom is 0.306 e. The molecule has 0 bridgehead atoms. The van der Waals surface area contributed by atoms with E-state index in [9.17, 15) is 9.59 Å². The van der Waals surface area contributed by atoms with Crippen molar-refractivity contribution in [2.45, 2.75) is 39.5 Å². The lowest BCUT2D eigenvalue weighted by Crippen LogP contribution is -2.18. The zero-order chi connectivity index (χ0) is 14.3. The number of para-hydroxylation sites is 1. The molecule has 0 heterocycles. The number of carboxylic acids is 1. The van der Waals surface area contributed by atoms with Crippen molar-refractivity contribution in [3.05, 3.63) is 29.8 Å². The first-order chi connectivity index (χ1) is 9.04. The van der Waals surface area contributed by atoms with Gasteiger partial charge in [-0.15, -0.1) is 0 Å². The molecule has 1 atom stereocenters. The number of anilines is 1. The van der Waals surface area contributed by atoms with Crippen LogP contribution in [0.4, 0.5) is 5.69 Å². The molecule has 0 aliphatic rings. The van der Waals surface area contributed by atoms with Crippen LogP contribution in [0.2, 0.25) is 0 Å². The van der Waals surface area contributed by atoms with E-state index in [1.807, 2.05) is 38.1 Å². The predicted octanol–water partition coefficient (Wildman–Crippen LogP) is 3.21. The zero-order valence-corrected chi connectivity index (χ0v) is 11.5. The third-order valence-electron chi connectivity index (χ3n) is 3.13. The van der Waals surface area contributed by atoms with Crippen molar-refractivity contribution in [1.82, 2.24) is 0 Å². The van der Waals surface area contributed by atoms with Crippen LogP contribution in [0.15, 0.2) is 24.3 Å². The summed E-state index contributed by atoms with van der Waals surface area (Å²) in [4.78, 5) is 22.8. The van der Waals surface area contributed by atoms with E-state index in [0.29, 0.717) is 12.8 Å². The highest BCUT2D eigenvalue weighted by Gasteiger charge is 2.17. The van der Waals surface area contributed by atoms with Gasteiger partial charge in [-0.1, -0.05) is 31.5 Å². The molecule has 0 radical (unpaired) electrons. The molecule has 1 aromatic rings. The van der Waals surface area contributed by atoms with E-state index in [-0.39, 0.29) is 12.3 Å². The molecule has 0 saturated heterocycles. The molecule has 0 aliphatic heterocycles. The summed E-state index contributed by atoms with van der Waals surface area (Å²) in [5.41, 5.74) is 1.79. The Morgan fingerprint density at radius 2 is 1.95 bits per heavy atom. The zero-order valence-electron chi connectivity index (χ0n) is 11.5. The van der Waals surface area contributed by atoms with Gasteiger partial charge in [0.05, 0.1) is 5.92 Å². The van der Waals surface area contributed by atoms with Crippen LogP contribution in [0.25, 0.3) is 0 Å². The Labute approximate surface area is 113 Å². The van der Waals surface area contributed by atoms with Crippen LogP contribution in [-0.4, -0.2) is 17.0 Å². The first kappa shape index (κ1) is 15.2. The molecular formula is C15H21NO3. The highest BCUT2D eigenvalue weighted by atomic mass is 16.4. The Kier molecular flexibility index (Phi) is 6.06. The van der Waals surface area contributed by atoms with Crippen molar-refractivity contribution < 1.29 is 14.7 Å². The molecule has 0 aromatic heterocycles. The van der Waals surface area contributed by atoms with Gasteiger partial charge in [-0.2, -0.15) is 0 Å². The van der Waals surface area contributed by atoms with Gasteiger partial charge in [-0.3, -0.25) is 9.59 Å². The molecule has 0 unspecified atom stereocenters. The van der Waals surface area contributed by atoms with Gasteiger partial charge in [0.1, 0.15) is 0 Å². The van der Waals surface area contributed by atoms with Gasteiger partial charge in [-0.25, -0.2) is 0 Å². The molecule has 0 fully saturated rings. The number of hydrogen-bond acceptors (Lipinski definition) is 2. The number of hydrogen-bond donors (Lipinski definition) is 2. The van der Waals surface area contributed by atoms with Crippen LogP contribution in [0, 0.1) is 12.8 Å². The number of nitrogens with one attached hydrogen (secondary N) is 1. The summed E-state index contributed by atoms with van der Waals surface area (Å²) in [6, 6.07) is 7.53. The summed E-state index contributed by atoms with van der Waals surface area (Å²) in [5, 5.41) is 11.8. The summed E-state index contributed by atoms with van der Waals surface area (Å²) in [5.74, 6) is -1.37. The molecule has 4 nitrogen and oxygen atoms in total. The second-order valence-electron chi connectivity index (χ2n) is 4.73. The van der Waals surface area contributed by atoms with Gasteiger partial charge in [0.25, 0.3) is 0 Å². The monoisotopic (exact) mass is 263 g/mol. The van der Waals surface area contributed by atoms with Crippen molar-refractivity contribution in [2.75, 3.05) is 5.32 Å². The highest BCUT2D eigenvalue weighted by molar-refractivity contribution is 5.91. The first-order valence-electron chi connectivity index (χ1n) is 6.63. The highest BCUT2D eigenvalue weighted by Crippen LogP contribution is 2.17. The molecule has 0 aliphatic carbocycles. The Hall–Kier alpha value is -1.84. The number of benzene rings is 1. The third-order valence-corrected chi connectivity index (χ3v) is 3.13. The van der Waals surface area contributed by atoms with E-state index in [4.69, 9.17) is 5.11 Å². The van der Waals surface area contributed by atoms with Crippen molar-refractivity contribution in [1.29, 1.82) is 0 Å². The lowest BCUT2D eigenvalue weighted by molar-refractivity contribution is -0.142. The molecule has 1 rings (SSSR count). The van der Waals surface area contributed by atoms with Gasteiger partial charge < -0.3 is 10.4 Å². The van der Waals surface area contributed by atoms with Gasteiger partial charge in [0, 0.05) is 12.1 Å². The Morgan fingerprint density at radius 3 is 2.53 bits per heavy atom. The van der Waals surface area contributed by atoms with Crippen molar-refractivity contribution >= 4 is 17.6 Å². The number of amides is 1. The van der Waals surface area contributed by atoms with Crippen molar-refractivity contribution in [2.24, 2.45) is 5.92 Å². The van der Waals surface area contributed by atoms with Gasteiger partial charge in [-0.05, 0) is 31.4 Å². The van der Waals surface area contributed by atoms with Crippen LogP contribution in [0.3, 0.4) is 0 Å². The van der Waals surface area contributed by atoms with Crippen LogP contribution >= 0.6 is 0 Å². The summed E-state index contributed by atoms with van der Waals surface area (Å²) < 4.78 is 0. The topological polar surface area (TPSA) is 66.4 Å². The van der Waals surface area contributed by atoms with Gasteiger partial charge in [0.2, 0.25) is 5.91 Å². The minimum atomic E-state index is -0.814. The number of aliphatic carboxylic acids is 1. The summed E-state index contributed by atoms with van der Waals surface area (Å²) in [6.07, 6.45) is 2.07. The molecular weight excluding hydrogens is 242 g/mol. The smallest absolute Gasteiger partial charge is 0.306 e. The fourth-order valence-corrected chi connectivity index (χ4v) is 1.97. The lowest BCUT2D eigenvalue weighted by atomic mass is 9.98. The normalized spacial score (nSPS) is 11.9. The fraction of sp³-hybridized carbons (Fsp3) is 0.467. The minimum absolute atomic E-state index is 0.128. The first-order valence-corrected chi connectivity index (χ1v) is 6.63. The average molecular weight is 263 g/mol. The molecule has 1 amide bonds. The molecule has 1 aromatic carbocycles. The average Bonchev–Trinajstić information content (AvgIpc) is 2.37. The third kappa shape index (κ3) is 5.12. The number of carbonyl (C=O) groups excluding carboxylic acids is 1. The van der Waals surface area contributed by atoms with Crippen LogP contribution in [0.1, 0.15) is 38.2 Å². The van der Waals surface area contributed by atoms with E-state index in [1.54, 1.807) is 0 Å². The van der Waals surface area contributed by atoms with E-state index < -0.39 is 11.9 Å².